The van der Waals surface area contributed by atoms with E-state index in [4.69, 9.17) is 10.5 Å². The molecule has 0 amide bonds. The van der Waals surface area contributed by atoms with Crippen LogP contribution in [0, 0.1) is 0 Å². The molecule has 0 saturated carbocycles. The molecular weight excluding hydrogens is 248 g/mol. The Kier molecular flexibility index (Phi) is 5.58. The van der Waals surface area contributed by atoms with Crippen molar-refractivity contribution in [2.45, 2.75) is 44.8 Å². The van der Waals surface area contributed by atoms with Crippen molar-refractivity contribution in [2.24, 2.45) is 5.73 Å². The van der Waals surface area contributed by atoms with Gasteiger partial charge in [-0.3, -0.25) is 0 Å². The summed E-state index contributed by atoms with van der Waals surface area (Å²) in [6.45, 7) is 7.56. The van der Waals surface area contributed by atoms with Crippen LogP contribution in [0.2, 0.25) is 0 Å². The lowest BCUT2D eigenvalue weighted by Gasteiger charge is -2.32. The van der Waals surface area contributed by atoms with Gasteiger partial charge in [-0.25, -0.2) is 0 Å². The van der Waals surface area contributed by atoms with Crippen molar-refractivity contribution in [2.75, 3.05) is 26.7 Å². The van der Waals surface area contributed by atoms with Gasteiger partial charge in [-0.15, -0.1) is 0 Å². The average molecular weight is 276 g/mol. The maximum Gasteiger partial charge on any atom is 0.0595 e. The molecule has 20 heavy (non-hydrogen) atoms. The summed E-state index contributed by atoms with van der Waals surface area (Å²) in [5.74, 6) is 0.577. The Hall–Kier alpha value is -0.900. The summed E-state index contributed by atoms with van der Waals surface area (Å²) in [5, 5.41) is 0. The molecule has 0 aliphatic carbocycles. The summed E-state index contributed by atoms with van der Waals surface area (Å²) in [7, 11) is 1.81. The highest BCUT2D eigenvalue weighted by atomic mass is 16.5. The summed E-state index contributed by atoms with van der Waals surface area (Å²) in [6, 6.07) is 8.88. The average Bonchev–Trinajstić information content (AvgIpc) is 2.48. The second kappa shape index (κ2) is 7.21. The minimum Gasteiger partial charge on any atom is -0.381 e. The topological polar surface area (TPSA) is 38.5 Å². The number of rotatable bonds is 5. The number of benzene rings is 1. The number of ether oxygens (including phenoxy) is 1. The van der Waals surface area contributed by atoms with Crippen LogP contribution in [0.5, 0.6) is 0 Å². The Morgan fingerprint density at radius 2 is 1.70 bits per heavy atom. The molecule has 1 aromatic carbocycles. The van der Waals surface area contributed by atoms with E-state index in [1.165, 1.54) is 11.1 Å². The van der Waals surface area contributed by atoms with Gasteiger partial charge in [0.2, 0.25) is 0 Å². The van der Waals surface area contributed by atoms with Gasteiger partial charge in [0.25, 0.3) is 0 Å². The Labute approximate surface area is 123 Å². The van der Waals surface area contributed by atoms with E-state index in [1.54, 1.807) is 0 Å². The highest BCUT2D eigenvalue weighted by molar-refractivity contribution is 5.26. The lowest BCUT2D eigenvalue weighted by Crippen LogP contribution is -2.40. The number of methoxy groups -OCH3 is 1. The van der Waals surface area contributed by atoms with Crippen LogP contribution in [-0.4, -0.2) is 37.7 Å². The van der Waals surface area contributed by atoms with Crippen LogP contribution >= 0.6 is 0 Å². The van der Waals surface area contributed by atoms with E-state index in [9.17, 15) is 0 Å². The first-order chi connectivity index (χ1) is 9.60. The molecule has 112 valence electrons. The van der Waals surface area contributed by atoms with E-state index >= 15 is 0 Å². The summed E-state index contributed by atoms with van der Waals surface area (Å²) in [6.07, 6.45) is 2.68. The fourth-order valence-corrected chi connectivity index (χ4v) is 2.84. The van der Waals surface area contributed by atoms with Gasteiger partial charge < -0.3 is 15.4 Å². The number of piperidine rings is 1. The Morgan fingerprint density at radius 3 is 2.20 bits per heavy atom. The minimum absolute atomic E-state index is 0.107. The molecule has 0 spiro atoms. The smallest absolute Gasteiger partial charge is 0.0595 e. The van der Waals surface area contributed by atoms with Crippen LogP contribution in [0.4, 0.5) is 0 Å². The second-order valence-electron chi connectivity index (χ2n) is 6.16. The van der Waals surface area contributed by atoms with Gasteiger partial charge >= 0.3 is 0 Å². The second-order valence-corrected chi connectivity index (χ2v) is 6.16. The molecule has 1 aromatic rings. The van der Waals surface area contributed by atoms with Crippen molar-refractivity contribution < 1.29 is 4.74 Å². The van der Waals surface area contributed by atoms with E-state index in [0.717, 1.165) is 32.5 Å². The van der Waals surface area contributed by atoms with Gasteiger partial charge in [0.05, 0.1) is 6.10 Å². The molecule has 0 aromatic heterocycles. The highest BCUT2D eigenvalue weighted by Gasteiger charge is 2.20. The first kappa shape index (κ1) is 15.5. The zero-order chi connectivity index (χ0) is 14.5. The van der Waals surface area contributed by atoms with Crippen LogP contribution in [0.3, 0.4) is 0 Å². The van der Waals surface area contributed by atoms with Crippen LogP contribution in [0.1, 0.15) is 49.8 Å². The van der Waals surface area contributed by atoms with E-state index in [2.05, 4.69) is 43.0 Å². The SMILES string of the molecule is COC1CCN(CC(N)c2ccc(C(C)C)cc2)CC1. The molecular formula is C17H28N2O. The molecule has 1 unspecified atom stereocenters. The zero-order valence-corrected chi connectivity index (χ0v) is 13.0. The third-order valence-corrected chi connectivity index (χ3v) is 4.35. The van der Waals surface area contributed by atoms with Crippen molar-refractivity contribution in [3.05, 3.63) is 35.4 Å². The third kappa shape index (κ3) is 4.05. The van der Waals surface area contributed by atoms with Gasteiger partial charge in [-0.1, -0.05) is 38.1 Å². The maximum atomic E-state index is 6.35. The lowest BCUT2D eigenvalue weighted by atomic mass is 9.98. The van der Waals surface area contributed by atoms with E-state index in [1.807, 2.05) is 7.11 Å². The number of nitrogens with two attached hydrogens (primary N) is 1. The first-order valence-corrected chi connectivity index (χ1v) is 7.70. The first-order valence-electron chi connectivity index (χ1n) is 7.70. The molecule has 3 heteroatoms. The summed E-state index contributed by atoms with van der Waals surface area (Å²) < 4.78 is 5.41. The predicted molar refractivity (Wildman–Crippen MR) is 83.9 cm³/mol. The lowest BCUT2D eigenvalue weighted by molar-refractivity contribution is 0.0395. The van der Waals surface area contributed by atoms with Crippen LogP contribution in [0.15, 0.2) is 24.3 Å². The predicted octanol–water partition coefficient (Wildman–Crippen LogP) is 2.92. The third-order valence-electron chi connectivity index (χ3n) is 4.35. The van der Waals surface area contributed by atoms with E-state index in [-0.39, 0.29) is 6.04 Å². The highest BCUT2D eigenvalue weighted by Crippen LogP contribution is 2.20. The molecule has 1 heterocycles. The molecule has 1 saturated heterocycles. The van der Waals surface area contributed by atoms with Crippen molar-refractivity contribution in [1.82, 2.24) is 4.90 Å². The summed E-state index contributed by atoms with van der Waals surface area (Å²) in [4.78, 5) is 2.45. The Morgan fingerprint density at radius 1 is 1.15 bits per heavy atom. The number of hydrogen-bond acceptors (Lipinski definition) is 3. The molecule has 2 N–H and O–H groups in total. The van der Waals surface area contributed by atoms with Gasteiger partial charge in [-0.2, -0.15) is 0 Å². The molecule has 3 nitrogen and oxygen atoms in total. The van der Waals surface area contributed by atoms with Crippen LogP contribution < -0.4 is 5.73 Å². The van der Waals surface area contributed by atoms with Crippen molar-refractivity contribution in [3.8, 4) is 0 Å². The quantitative estimate of drug-likeness (QED) is 0.898. The van der Waals surface area contributed by atoms with Gasteiger partial charge in [-0.05, 0) is 29.9 Å². The molecule has 1 aliphatic heterocycles. The van der Waals surface area contributed by atoms with Crippen LogP contribution in [0.25, 0.3) is 0 Å². The van der Waals surface area contributed by atoms with Crippen molar-refractivity contribution in [3.63, 3.8) is 0 Å². The number of likely N-dealkylation sites (tertiary alicyclic amines) is 1. The molecule has 1 atom stereocenters. The Balaban J connectivity index is 1.87. The molecule has 1 aliphatic rings. The molecule has 2 rings (SSSR count). The van der Waals surface area contributed by atoms with Gasteiger partial charge in [0, 0.05) is 32.8 Å². The molecule has 0 radical (unpaired) electrons. The van der Waals surface area contributed by atoms with Gasteiger partial charge in [0.15, 0.2) is 0 Å². The normalized spacial score (nSPS) is 19.4. The summed E-state index contributed by atoms with van der Waals surface area (Å²) in [5.41, 5.74) is 8.96. The zero-order valence-electron chi connectivity index (χ0n) is 13.0. The molecule has 1 fully saturated rings. The van der Waals surface area contributed by atoms with Crippen molar-refractivity contribution >= 4 is 0 Å². The van der Waals surface area contributed by atoms with Gasteiger partial charge in [0.1, 0.15) is 0 Å². The summed E-state index contributed by atoms with van der Waals surface area (Å²) >= 11 is 0. The monoisotopic (exact) mass is 276 g/mol. The number of hydrogen-bond donors (Lipinski definition) is 1. The maximum absolute atomic E-state index is 6.35. The fourth-order valence-electron chi connectivity index (χ4n) is 2.84. The van der Waals surface area contributed by atoms with Crippen molar-refractivity contribution in [1.29, 1.82) is 0 Å². The standard InChI is InChI=1S/C17H28N2O/c1-13(2)14-4-6-15(7-5-14)17(18)12-19-10-8-16(20-3)9-11-19/h4-7,13,16-17H,8-12,18H2,1-3H3. The van der Waals surface area contributed by atoms with E-state index in [0.29, 0.717) is 12.0 Å². The molecule has 0 bridgehead atoms. The Bertz CT molecular complexity index is 394. The fraction of sp³-hybridized carbons (Fsp3) is 0.647. The largest absolute Gasteiger partial charge is 0.381 e. The minimum atomic E-state index is 0.107. The van der Waals surface area contributed by atoms with Crippen LogP contribution in [-0.2, 0) is 4.74 Å². The van der Waals surface area contributed by atoms with E-state index < -0.39 is 0 Å². The number of nitrogens with zero attached hydrogens (tertiary/aromatic N) is 1.